The van der Waals surface area contributed by atoms with E-state index in [1.54, 1.807) is 12.1 Å². The summed E-state index contributed by atoms with van der Waals surface area (Å²) in [5.41, 5.74) is 1.66. The number of halogens is 1. The first-order valence-corrected chi connectivity index (χ1v) is 8.17. The van der Waals surface area contributed by atoms with Crippen molar-refractivity contribution in [3.63, 3.8) is 0 Å². The zero-order chi connectivity index (χ0) is 16.6. The van der Waals surface area contributed by atoms with Crippen molar-refractivity contribution >= 4 is 44.7 Å². The van der Waals surface area contributed by atoms with Crippen molar-refractivity contribution in [3.8, 4) is 11.1 Å². The molecule has 0 saturated heterocycles. The Bertz CT molecular complexity index is 894. The van der Waals surface area contributed by atoms with Gasteiger partial charge in [-0.05, 0) is 31.0 Å². The van der Waals surface area contributed by atoms with E-state index in [1.165, 1.54) is 17.4 Å². The maximum atomic E-state index is 11.0. The molecular weight excluding hydrogens is 336 g/mol. The van der Waals surface area contributed by atoms with E-state index in [0.29, 0.717) is 5.82 Å². The minimum atomic E-state index is -0.404. The van der Waals surface area contributed by atoms with Crippen LogP contribution in [0.3, 0.4) is 0 Å². The molecule has 3 aromatic rings. The third-order valence-corrected chi connectivity index (χ3v) is 4.24. The lowest BCUT2D eigenvalue weighted by Gasteiger charge is -2.11. The Morgan fingerprint density at radius 2 is 2.13 bits per heavy atom. The third kappa shape index (κ3) is 3.11. The first kappa shape index (κ1) is 15.6. The van der Waals surface area contributed by atoms with Crippen LogP contribution in [0, 0.1) is 10.1 Å². The molecule has 0 fully saturated rings. The van der Waals surface area contributed by atoms with Gasteiger partial charge in [-0.3, -0.25) is 10.1 Å². The number of nitro groups is 1. The van der Waals surface area contributed by atoms with E-state index in [9.17, 15) is 10.1 Å². The Hall–Kier alpha value is -2.25. The van der Waals surface area contributed by atoms with Crippen LogP contribution in [0.5, 0.6) is 0 Å². The molecule has 0 amide bonds. The van der Waals surface area contributed by atoms with E-state index in [4.69, 9.17) is 11.6 Å². The number of nitro benzene ring substituents is 1. The minimum absolute atomic E-state index is 0.0510. The Kier molecular flexibility index (Phi) is 4.14. The molecule has 0 atom stereocenters. The van der Waals surface area contributed by atoms with Crippen molar-refractivity contribution in [1.29, 1.82) is 0 Å². The van der Waals surface area contributed by atoms with Crippen LogP contribution < -0.4 is 5.32 Å². The van der Waals surface area contributed by atoms with Crippen LogP contribution in [-0.4, -0.2) is 20.9 Å². The van der Waals surface area contributed by atoms with Gasteiger partial charge in [0, 0.05) is 29.1 Å². The number of nitrogens with zero attached hydrogens (tertiary/aromatic N) is 3. The summed E-state index contributed by atoms with van der Waals surface area (Å²) in [7, 11) is 0. The van der Waals surface area contributed by atoms with Gasteiger partial charge < -0.3 is 5.32 Å². The van der Waals surface area contributed by atoms with Gasteiger partial charge in [-0.15, -0.1) is 11.3 Å². The number of thiophene rings is 1. The normalized spacial score (nSPS) is 11.1. The van der Waals surface area contributed by atoms with E-state index in [0.717, 1.165) is 21.3 Å². The van der Waals surface area contributed by atoms with Gasteiger partial charge in [-0.2, -0.15) is 0 Å². The van der Waals surface area contributed by atoms with Crippen molar-refractivity contribution in [2.75, 3.05) is 5.32 Å². The van der Waals surface area contributed by atoms with E-state index < -0.39 is 4.92 Å². The first-order chi connectivity index (χ1) is 11.0. The van der Waals surface area contributed by atoms with Crippen LogP contribution in [0.1, 0.15) is 13.8 Å². The molecule has 23 heavy (non-hydrogen) atoms. The lowest BCUT2D eigenvalue weighted by molar-refractivity contribution is -0.384. The molecule has 0 spiro atoms. The summed E-state index contributed by atoms with van der Waals surface area (Å²) in [4.78, 5) is 19.9. The fourth-order valence-corrected chi connectivity index (χ4v) is 3.46. The monoisotopic (exact) mass is 348 g/mol. The van der Waals surface area contributed by atoms with Crippen molar-refractivity contribution in [1.82, 2.24) is 9.97 Å². The number of anilines is 1. The Morgan fingerprint density at radius 1 is 1.35 bits per heavy atom. The lowest BCUT2D eigenvalue weighted by atomic mass is 10.1. The summed E-state index contributed by atoms with van der Waals surface area (Å²) in [6.07, 6.45) is 0. The molecule has 1 aromatic carbocycles. The average Bonchev–Trinajstić information content (AvgIpc) is 2.90. The summed E-state index contributed by atoms with van der Waals surface area (Å²) in [6, 6.07) is 6.70. The van der Waals surface area contributed by atoms with Gasteiger partial charge in [0.05, 0.1) is 10.3 Å². The Morgan fingerprint density at radius 3 is 2.83 bits per heavy atom. The largest absolute Gasteiger partial charge is 0.367 e. The predicted octanol–water partition coefficient (Wildman–Crippen LogP) is 4.74. The highest BCUT2D eigenvalue weighted by atomic mass is 35.5. The van der Waals surface area contributed by atoms with Crippen molar-refractivity contribution in [2.45, 2.75) is 19.9 Å². The number of aromatic nitrogens is 2. The van der Waals surface area contributed by atoms with Crippen molar-refractivity contribution < 1.29 is 4.92 Å². The first-order valence-electron chi connectivity index (χ1n) is 6.92. The highest BCUT2D eigenvalue weighted by molar-refractivity contribution is 7.17. The van der Waals surface area contributed by atoms with Gasteiger partial charge in [-0.25, -0.2) is 9.97 Å². The standard InChI is InChI=1S/C15H13ClN4O2S/c1-8(2)17-13-12-11(7-23-14(12)19-15(16)18-13)9-4-3-5-10(6-9)20(21)22/h3-8H,1-2H3,(H,17,18,19). The molecule has 0 saturated carbocycles. The van der Waals surface area contributed by atoms with Gasteiger partial charge in [0.15, 0.2) is 0 Å². The Balaban J connectivity index is 2.22. The molecule has 1 N–H and O–H groups in total. The maximum absolute atomic E-state index is 11.0. The van der Waals surface area contributed by atoms with Crippen LogP contribution >= 0.6 is 22.9 Å². The molecule has 0 aliphatic carbocycles. The molecule has 8 heteroatoms. The molecule has 2 heterocycles. The summed E-state index contributed by atoms with van der Waals surface area (Å²) in [5, 5.41) is 17.2. The molecule has 118 valence electrons. The maximum Gasteiger partial charge on any atom is 0.270 e. The minimum Gasteiger partial charge on any atom is -0.367 e. The summed E-state index contributed by atoms with van der Waals surface area (Å²) < 4.78 is 0. The highest BCUT2D eigenvalue weighted by Crippen LogP contribution is 2.38. The Labute approximate surface area is 141 Å². The van der Waals surface area contributed by atoms with E-state index in [2.05, 4.69) is 15.3 Å². The summed E-state index contributed by atoms with van der Waals surface area (Å²) >= 11 is 7.42. The fourth-order valence-electron chi connectivity index (χ4n) is 2.29. The van der Waals surface area contributed by atoms with Crippen LogP contribution in [0.4, 0.5) is 11.5 Å². The third-order valence-electron chi connectivity index (χ3n) is 3.20. The second-order valence-corrected chi connectivity index (χ2v) is 6.47. The number of hydrogen-bond donors (Lipinski definition) is 1. The summed E-state index contributed by atoms with van der Waals surface area (Å²) in [6.45, 7) is 4.00. The van der Waals surface area contributed by atoms with Gasteiger partial charge in [0.25, 0.3) is 5.69 Å². The highest BCUT2D eigenvalue weighted by Gasteiger charge is 2.17. The van der Waals surface area contributed by atoms with E-state index in [1.807, 2.05) is 25.3 Å². The quantitative estimate of drug-likeness (QED) is 0.418. The van der Waals surface area contributed by atoms with Gasteiger partial charge in [-0.1, -0.05) is 12.1 Å². The molecule has 0 aliphatic rings. The number of fused-ring (bicyclic) bond motifs is 1. The van der Waals surface area contributed by atoms with Gasteiger partial charge in [0.2, 0.25) is 5.28 Å². The van der Waals surface area contributed by atoms with Gasteiger partial charge in [0.1, 0.15) is 10.6 Å². The molecule has 0 radical (unpaired) electrons. The second kappa shape index (κ2) is 6.10. The average molecular weight is 349 g/mol. The number of rotatable bonds is 4. The van der Waals surface area contributed by atoms with Gasteiger partial charge >= 0.3 is 0 Å². The molecular formula is C15H13ClN4O2S. The predicted molar refractivity (Wildman–Crippen MR) is 93.3 cm³/mol. The molecule has 2 aromatic heterocycles. The zero-order valence-corrected chi connectivity index (χ0v) is 14.0. The molecule has 3 rings (SSSR count). The zero-order valence-electron chi connectivity index (χ0n) is 12.4. The smallest absolute Gasteiger partial charge is 0.270 e. The van der Waals surface area contributed by atoms with Crippen molar-refractivity contribution in [3.05, 3.63) is 45.0 Å². The second-order valence-electron chi connectivity index (χ2n) is 5.28. The number of nitrogens with one attached hydrogen (secondary N) is 1. The van der Waals surface area contributed by atoms with E-state index in [-0.39, 0.29) is 17.0 Å². The molecule has 0 aliphatic heterocycles. The molecule has 6 nitrogen and oxygen atoms in total. The number of non-ortho nitro benzene ring substituents is 1. The lowest BCUT2D eigenvalue weighted by Crippen LogP contribution is -2.11. The van der Waals surface area contributed by atoms with Crippen molar-refractivity contribution in [2.24, 2.45) is 0 Å². The van der Waals surface area contributed by atoms with Crippen LogP contribution in [0.2, 0.25) is 5.28 Å². The van der Waals surface area contributed by atoms with Crippen LogP contribution in [-0.2, 0) is 0 Å². The van der Waals surface area contributed by atoms with E-state index >= 15 is 0 Å². The molecule has 0 unspecified atom stereocenters. The summed E-state index contributed by atoms with van der Waals surface area (Å²) in [5.74, 6) is 0.637. The van der Waals surface area contributed by atoms with Crippen LogP contribution in [0.15, 0.2) is 29.6 Å². The topological polar surface area (TPSA) is 81.0 Å². The van der Waals surface area contributed by atoms with Crippen LogP contribution in [0.25, 0.3) is 21.3 Å². The molecule has 0 bridgehead atoms. The SMILES string of the molecule is CC(C)Nc1nc(Cl)nc2scc(-c3cccc([N+](=O)[O-])c3)c12. The fraction of sp³-hybridized carbons (Fsp3) is 0.200. The number of benzene rings is 1. The number of hydrogen-bond acceptors (Lipinski definition) is 6.